The van der Waals surface area contributed by atoms with Crippen LogP contribution >= 0.6 is 0 Å². The summed E-state index contributed by atoms with van der Waals surface area (Å²) in [6.45, 7) is 0.710. The van der Waals surface area contributed by atoms with Crippen LogP contribution in [0.25, 0.3) is 0 Å². The van der Waals surface area contributed by atoms with Gasteiger partial charge in [-0.15, -0.1) is 0 Å². The summed E-state index contributed by atoms with van der Waals surface area (Å²) in [5.74, 6) is 0.760. The Bertz CT molecular complexity index is 712. The number of ether oxygens (including phenoxy) is 3. The Balaban J connectivity index is 1.72. The molecule has 0 unspecified atom stereocenters. The number of carbonyl (C=O) groups is 2. The van der Waals surface area contributed by atoms with E-state index in [4.69, 9.17) is 14.2 Å². The standard InChI is InChI=1S/C19H22N2O5/c1-24-16-10-15(11-17(12-16)25-2)18(22)20-8-9-21-19(23)26-13-14-6-4-3-5-7-14/h3-7,10-12H,8-9,13H2,1-2H3,(H,20,22)(H,21,23). The molecular weight excluding hydrogens is 336 g/mol. The average Bonchev–Trinajstić information content (AvgIpc) is 2.69. The molecule has 0 spiro atoms. The highest BCUT2D eigenvalue weighted by atomic mass is 16.5. The topological polar surface area (TPSA) is 85.9 Å². The summed E-state index contributed by atoms with van der Waals surface area (Å²) in [5, 5.41) is 5.29. The van der Waals surface area contributed by atoms with E-state index in [2.05, 4.69) is 10.6 Å². The smallest absolute Gasteiger partial charge is 0.407 e. The lowest BCUT2D eigenvalue weighted by Crippen LogP contribution is -2.34. The van der Waals surface area contributed by atoms with E-state index in [0.717, 1.165) is 5.56 Å². The van der Waals surface area contributed by atoms with Crippen molar-refractivity contribution in [2.75, 3.05) is 27.3 Å². The van der Waals surface area contributed by atoms with E-state index in [0.29, 0.717) is 17.1 Å². The van der Waals surface area contributed by atoms with Crippen molar-refractivity contribution in [3.8, 4) is 11.5 Å². The molecule has 0 fully saturated rings. The van der Waals surface area contributed by atoms with Crippen molar-refractivity contribution in [2.45, 2.75) is 6.61 Å². The molecule has 2 N–H and O–H groups in total. The normalized spacial score (nSPS) is 9.92. The van der Waals surface area contributed by atoms with E-state index in [-0.39, 0.29) is 25.6 Å². The number of hydrogen-bond acceptors (Lipinski definition) is 5. The number of hydrogen-bond donors (Lipinski definition) is 2. The first kappa shape index (κ1) is 19.1. The molecule has 0 aliphatic heterocycles. The van der Waals surface area contributed by atoms with Crippen LogP contribution < -0.4 is 20.1 Å². The first-order valence-corrected chi connectivity index (χ1v) is 8.08. The number of nitrogens with one attached hydrogen (secondary N) is 2. The predicted molar refractivity (Wildman–Crippen MR) is 96.5 cm³/mol. The van der Waals surface area contributed by atoms with Crippen molar-refractivity contribution in [2.24, 2.45) is 0 Å². The second-order valence-corrected chi connectivity index (χ2v) is 5.35. The Morgan fingerprint density at radius 1 is 0.885 bits per heavy atom. The molecule has 0 saturated heterocycles. The van der Waals surface area contributed by atoms with Crippen LogP contribution in [-0.4, -0.2) is 39.3 Å². The molecule has 0 atom stereocenters. The Morgan fingerprint density at radius 2 is 1.50 bits per heavy atom. The van der Waals surface area contributed by atoms with Gasteiger partial charge in [0.15, 0.2) is 0 Å². The van der Waals surface area contributed by atoms with Gasteiger partial charge in [-0.2, -0.15) is 0 Å². The number of benzene rings is 2. The van der Waals surface area contributed by atoms with E-state index in [1.165, 1.54) is 14.2 Å². The van der Waals surface area contributed by atoms with Gasteiger partial charge in [0.1, 0.15) is 18.1 Å². The Kier molecular flexibility index (Phi) is 7.30. The summed E-state index contributed by atoms with van der Waals surface area (Å²) >= 11 is 0. The van der Waals surface area contributed by atoms with Crippen LogP contribution in [0.2, 0.25) is 0 Å². The van der Waals surface area contributed by atoms with Crippen molar-refractivity contribution in [1.29, 1.82) is 0 Å². The maximum Gasteiger partial charge on any atom is 0.407 e. The van der Waals surface area contributed by atoms with Gasteiger partial charge in [-0.1, -0.05) is 30.3 Å². The van der Waals surface area contributed by atoms with Crippen LogP contribution in [0, 0.1) is 0 Å². The van der Waals surface area contributed by atoms with Crippen LogP contribution in [0.1, 0.15) is 15.9 Å². The van der Waals surface area contributed by atoms with Crippen molar-refractivity contribution in [3.63, 3.8) is 0 Å². The summed E-state index contributed by atoms with van der Waals surface area (Å²) in [5.41, 5.74) is 1.32. The third kappa shape index (κ3) is 6.01. The first-order chi connectivity index (χ1) is 12.6. The zero-order valence-electron chi connectivity index (χ0n) is 14.8. The van der Waals surface area contributed by atoms with Gasteiger partial charge in [0, 0.05) is 24.7 Å². The minimum Gasteiger partial charge on any atom is -0.497 e. The number of amides is 2. The molecule has 26 heavy (non-hydrogen) atoms. The van der Waals surface area contributed by atoms with Crippen LogP contribution in [0.3, 0.4) is 0 Å². The molecule has 0 aromatic heterocycles. The molecule has 2 aromatic carbocycles. The fraction of sp³-hybridized carbons (Fsp3) is 0.263. The van der Waals surface area contributed by atoms with E-state index < -0.39 is 6.09 Å². The maximum atomic E-state index is 12.2. The number of methoxy groups -OCH3 is 2. The summed E-state index contributed by atoms with van der Waals surface area (Å²) in [4.78, 5) is 23.8. The molecule has 0 heterocycles. The zero-order chi connectivity index (χ0) is 18.8. The molecule has 2 rings (SSSR count). The quantitative estimate of drug-likeness (QED) is 0.708. The monoisotopic (exact) mass is 358 g/mol. The number of alkyl carbamates (subject to hydrolysis) is 1. The van der Waals surface area contributed by atoms with Gasteiger partial charge >= 0.3 is 6.09 Å². The van der Waals surface area contributed by atoms with Crippen molar-refractivity contribution in [3.05, 3.63) is 59.7 Å². The molecule has 0 saturated carbocycles. The Hall–Kier alpha value is -3.22. The second-order valence-electron chi connectivity index (χ2n) is 5.35. The summed E-state index contributed by atoms with van der Waals surface area (Å²) < 4.78 is 15.4. The molecule has 138 valence electrons. The number of rotatable bonds is 8. The highest BCUT2D eigenvalue weighted by Crippen LogP contribution is 2.22. The first-order valence-electron chi connectivity index (χ1n) is 8.08. The van der Waals surface area contributed by atoms with E-state index in [1.54, 1.807) is 18.2 Å². The van der Waals surface area contributed by atoms with Crippen LogP contribution in [0.15, 0.2) is 48.5 Å². The lowest BCUT2D eigenvalue weighted by atomic mass is 10.2. The molecular formula is C19H22N2O5. The Labute approximate surface area is 152 Å². The van der Waals surface area contributed by atoms with Gasteiger partial charge in [-0.3, -0.25) is 4.79 Å². The van der Waals surface area contributed by atoms with Gasteiger partial charge < -0.3 is 24.8 Å². The van der Waals surface area contributed by atoms with Gasteiger partial charge in [-0.05, 0) is 17.7 Å². The van der Waals surface area contributed by atoms with Gasteiger partial charge in [-0.25, -0.2) is 4.79 Å². The average molecular weight is 358 g/mol. The fourth-order valence-corrected chi connectivity index (χ4v) is 2.16. The molecule has 2 aromatic rings. The molecule has 0 aliphatic carbocycles. The van der Waals surface area contributed by atoms with E-state index in [9.17, 15) is 9.59 Å². The SMILES string of the molecule is COc1cc(OC)cc(C(=O)NCCNC(=O)OCc2ccccc2)c1. The van der Waals surface area contributed by atoms with Crippen LogP contribution in [0.4, 0.5) is 4.79 Å². The zero-order valence-corrected chi connectivity index (χ0v) is 14.8. The third-order valence-corrected chi connectivity index (χ3v) is 3.51. The van der Waals surface area contributed by atoms with Crippen molar-refractivity contribution < 1.29 is 23.8 Å². The van der Waals surface area contributed by atoms with Crippen molar-refractivity contribution in [1.82, 2.24) is 10.6 Å². The highest BCUT2D eigenvalue weighted by Gasteiger charge is 2.10. The maximum absolute atomic E-state index is 12.2. The molecule has 0 bridgehead atoms. The van der Waals surface area contributed by atoms with E-state index >= 15 is 0 Å². The number of carbonyl (C=O) groups excluding carboxylic acids is 2. The van der Waals surface area contributed by atoms with E-state index in [1.807, 2.05) is 30.3 Å². The van der Waals surface area contributed by atoms with Gasteiger partial charge in [0.25, 0.3) is 5.91 Å². The highest BCUT2D eigenvalue weighted by molar-refractivity contribution is 5.95. The van der Waals surface area contributed by atoms with Crippen LogP contribution in [-0.2, 0) is 11.3 Å². The molecule has 2 amide bonds. The third-order valence-electron chi connectivity index (χ3n) is 3.51. The minimum atomic E-state index is -0.536. The predicted octanol–water partition coefficient (Wildman–Crippen LogP) is 2.36. The largest absolute Gasteiger partial charge is 0.497 e. The lowest BCUT2D eigenvalue weighted by Gasteiger charge is -2.10. The molecule has 0 radical (unpaired) electrons. The molecule has 7 nitrogen and oxygen atoms in total. The minimum absolute atomic E-state index is 0.197. The second kappa shape index (κ2) is 9.93. The lowest BCUT2D eigenvalue weighted by molar-refractivity contribution is 0.0951. The summed E-state index contributed by atoms with van der Waals surface area (Å²) in [7, 11) is 3.03. The Morgan fingerprint density at radius 3 is 2.12 bits per heavy atom. The molecule has 0 aliphatic rings. The van der Waals surface area contributed by atoms with Gasteiger partial charge in [0.05, 0.1) is 14.2 Å². The summed E-state index contributed by atoms with van der Waals surface area (Å²) in [6, 6.07) is 14.3. The van der Waals surface area contributed by atoms with Gasteiger partial charge in [0.2, 0.25) is 0 Å². The van der Waals surface area contributed by atoms with Crippen LogP contribution in [0.5, 0.6) is 11.5 Å². The molecule has 7 heteroatoms. The fourth-order valence-electron chi connectivity index (χ4n) is 2.16. The van der Waals surface area contributed by atoms with Crippen molar-refractivity contribution >= 4 is 12.0 Å². The summed E-state index contributed by atoms with van der Waals surface area (Å²) in [6.07, 6.45) is -0.536.